The lowest BCUT2D eigenvalue weighted by atomic mass is 9.58. The first-order valence-corrected chi connectivity index (χ1v) is 9.13. The second kappa shape index (κ2) is 7.39. The van der Waals surface area contributed by atoms with E-state index in [-0.39, 0.29) is 11.3 Å². The number of methoxy groups -OCH3 is 1. The normalized spacial score (nSPS) is 34.4. The standard InChI is InChI=1S/C21H30O5/c1-7-13(2)18(22)26-17-9-11-20(4)10-8-15(14(3)19(23)25-6)12-16(20)21(17,5)24/h7,12,15,17,24H,3,8-11H2,1-2,4-6H3/b13-7-/t15-,17+,20+,21-/m1/s1. The zero-order valence-corrected chi connectivity index (χ0v) is 16.4. The van der Waals surface area contributed by atoms with Gasteiger partial charge in [0, 0.05) is 17.1 Å². The van der Waals surface area contributed by atoms with E-state index < -0.39 is 23.6 Å². The highest BCUT2D eigenvalue weighted by Crippen LogP contribution is 2.53. The predicted molar refractivity (Wildman–Crippen MR) is 99.2 cm³/mol. The van der Waals surface area contributed by atoms with Crippen molar-refractivity contribution in [1.82, 2.24) is 0 Å². The number of allylic oxidation sites excluding steroid dienone is 2. The molecule has 0 radical (unpaired) electrons. The van der Waals surface area contributed by atoms with E-state index in [4.69, 9.17) is 9.47 Å². The van der Waals surface area contributed by atoms with Crippen LogP contribution in [-0.4, -0.2) is 35.9 Å². The first-order chi connectivity index (χ1) is 12.1. The summed E-state index contributed by atoms with van der Waals surface area (Å²) in [6.45, 7) is 11.2. The number of aliphatic hydroxyl groups is 1. The molecule has 0 heterocycles. The molecule has 0 saturated heterocycles. The Bertz CT molecular complexity index is 670. The third-order valence-electron chi connectivity index (χ3n) is 6.06. The number of hydrogen-bond donors (Lipinski definition) is 1. The van der Waals surface area contributed by atoms with Crippen LogP contribution in [0.3, 0.4) is 0 Å². The van der Waals surface area contributed by atoms with Crippen LogP contribution in [0, 0.1) is 11.3 Å². The van der Waals surface area contributed by atoms with Gasteiger partial charge in [0.25, 0.3) is 0 Å². The average Bonchev–Trinajstić information content (AvgIpc) is 2.62. The van der Waals surface area contributed by atoms with Gasteiger partial charge in [0.05, 0.1) is 7.11 Å². The number of hydrogen-bond acceptors (Lipinski definition) is 5. The van der Waals surface area contributed by atoms with Crippen LogP contribution < -0.4 is 0 Å². The Morgan fingerprint density at radius 3 is 2.46 bits per heavy atom. The third-order valence-corrected chi connectivity index (χ3v) is 6.06. The van der Waals surface area contributed by atoms with Gasteiger partial charge in [-0.2, -0.15) is 0 Å². The van der Waals surface area contributed by atoms with E-state index in [9.17, 15) is 14.7 Å². The molecule has 144 valence electrons. The highest BCUT2D eigenvalue weighted by Gasteiger charge is 2.52. The molecule has 1 N–H and O–H groups in total. The number of fused-ring (bicyclic) bond motifs is 1. The molecule has 2 aliphatic carbocycles. The van der Waals surface area contributed by atoms with Gasteiger partial charge in [-0.1, -0.05) is 25.7 Å². The van der Waals surface area contributed by atoms with E-state index >= 15 is 0 Å². The van der Waals surface area contributed by atoms with Gasteiger partial charge in [-0.3, -0.25) is 0 Å². The molecule has 0 aromatic rings. The Kier molecular flexibility index (Phi) is 5.81. The first kappa shape index (κ1) is 20.4. The van der Waals surface area contributed by atoms with Crippen LogP contribution in [0.4, 0.5) is 0 Å². The van der Waals surface area contributed by atoms with Gasteiger partial charge in [-0.25, -0.2) is 9.59 Å². The van der Waals surface area contributed by atoms with Crippen molar-refractivity contribution in [3.63, 3.8) is 0 Å². The van der Waals surface area contributed by atoms with Crippen molar-refractivity contribution in [3.8, 4) is 0 Å². The van der Waals surface area contributed by atoms with Gasteiger partial charge < -0.3 is 14.6 Å². The van der Waals surface area contributed by atoms with Gasteiger partial charge in [0.2, 0.25) is 0 Å². The predicted octanol–water partition coefficient (Wildman–Crippen LogP) is 3.48. The Hall–Kier alpha value is -1.88. The first-order valence-electron chi connectivity index (χ1n) is 9.13. The number of rotatable bonds is 4. The van der Waals surface area contributed by atoms with Crippen molar-refractivity contribution >= 4 is 11.9 Å². The lowest BCUT2D eigenvalue weighted by Crippen LogP contribution is -2.53. The van der Waals surface area contributed by atoms with Crippen LogP contribution in [0.25, 0.3) is 0 Å². The van der Waals surface area contributed by atoms with E-state index in [1.165, 1.54) is 7.11 Å². The summed E-state index contributed by atoms with van der Waals surface area (Å²) in [4.78, 5) is 24.0. The number of ether oxygens (including phenoxy) is 2. The second-order valence-corrected chi connectivity index (χ2v) is 7.85. The highest BCUT2D eigenvalue weighted by atomic mass is 16.6. The fourth-order valence-corrected chi connectivity index (χ4v) is 4.11. The lowest BCUT2D eigenvalue weighted by molar-refractivity contribution is -0.162. The quantitative estimate of drug-likeness (QED) is 0.471. The van der Waals surface area contributed by atoms with E-state index in [1.807, 2.05) is 6.08 Å². The smallest absolute Gasteiger partial charge is 0.333 e. The maximum absolute atomic E-state index is 12.2. The van der Waals surface area contributed by atoms with Gasteiger partial charge >= 0.3 is 11.9 Å². The average molecular weight is 362 g/mol. The molecular weight excluding hydrogens is 332 g/mol. The summed E-state index contributed by atoms with van der Waals surface area (Å²) in [6.07, 6.45) is 6.06. The molecule has 4 atom stereocenters. The minimum atomic E-state index is -1.29. The van der Waals surface area contributed by atoms with Crippen molar-refractivity contribution in [2.24, 2.45) is 11.3 Å². The summed E-state index contributed by atoms with van der Waals surface area (Å²) < 4.78 is 10.4. The van der Waals surface area contributed by atoms with Gasteiger partial charge in [0.1, 0.15) is 11.7 Å². The van der Waals surface area contributed by atoms with Crippen LogP contribution in [0.1, 0.15) is 53.4 Å². The summed E-state index contributed by atoms with van der Waals surface area (Å²) in [5, 5.41) is 11.3. The Balaban J connectivity index is 2.33. The molecule has 1 fully saturated rings. The molecule has 0 unspecified atom stereocenters. The van der Waals surface area contributed by atoms with Crippen molar-refractivity contribution in [2.45, 2.75) is 65.1 Å². The van der Waals surface area contributed by atoms with Crippen molar-refractivity contribution in [3.05, 3.63) is 35.5 Å². The summed E-state index contributed by atoms with van der Waals surface area (Å²) >= 11 is 0. The van der Waals surface area contributed by atoms with Gasteiger partial charge in [-0.15, -0.1) is 0 Å². The number of carbonyl (C=O) groups is 2. The number of carbonyl (C=O) groups excluding carboxylic acids is 2. The van der Waals surface area contributed by atoms with E-state index in [0.717, 1.165) is 24.8 Å². The summed E-state index contributed by atoms with van der Waals surface area (Å²) in [6, 6.07) is 0. The topological polar surface area (TPSA) is 72.8 Å². The second-order valence-electron chi connectivity index (χ2n) is 7.85. The fourth-order valence-electron chi connectivity index (χ4n) is 4.11. The third kappa shape index (κ3) is 3.63. The molecule has 1 saturated carbocycles. The Morgan fingerprint density at radius 1 is 1.27 bits per heavy atom. The summed E-state index contributed by atoms with van der Waals surface area (Å²) in [5.41, 5.74) is 0.277. The molecule has 0 spiro atoms. The minimum absolute atomic E-state index is 0.172. The van der Waals surface area contributed by atoms with Gasteiger partial charge in [0.15, 0.2) is 0 Å². The Morgan fingerprint density at radius 2 is 1.88 bits per heavy atom. The van der Waals surface area contributed by atoms with Crippen LogP contribution in [0.5, 0.6) is 0 Å². The maximum Gasteiger partial charge on any atom is 0.333 e. The van der Waals surface area contributed by atoms with E-state index in [0.29, 0.717) is 17.6 Å². The fraction of sp³-hybridized carbons (Fsp3) is 0.619. The molecule has 2 aliphatic rings. The molecule has 5 heteroatoms. The molecule has 0 aliphatic heterocycles. The molecule has 2 rings (SSSR count). The maximum atomic E-state index is 12.2. The lowest BCUT2D eigenvalue weighted by Gasteiger charge is -2.51. The van der Waals surface area contributed by atoms with Crippen molar-refractivity contribution in [2.75, 3.05) is 7.11 Å². The SMILES string of the molecule is C=C(C(=O)OC)[C@H]1C=C2[C@](C)(CC[C@H](OC(=O)/C(C)=C\C)[C@]2(C)O)CC1. The Labute approximate surface area is 155 Å². The highest BCUT2D eigenvalue weighted by molar-refractivity contribution is 5.89. The molecule has 0 amide bonds. The monoisotopic (exact) mass is 362 g/mol. The molecule has 5 nitrogen and oxygen atoms in total. The van der Waals surface area contributed by atoms with Crippen LogP contribution in [-0.2, 0) is 19.1 Å². The van der Waals surface area contributed by atoms with Crippen LogP contribution in [0.15, 0.2) is 35.5 Å². The largest absolute Gasteiger partial charge is 0.466 e. The minimum Gasteiger partial charge on any atom is -0.466 e. The molecule has 26 heavy (non-hydrogen) atoms. The van der Waals surface area contributed by atoms with E-state index in [1.54, 1.807) is 26.8 Å². The van der Waals surface area contributed by atoms with Crippen LogP contribution in [0.2, 0.25) is 0 Å². The zero-order valence-electron chi connectivity index (χ0n) is 16.4. The molecule has 0 aromatic carbocycles. The summed E-state index contributed by atoms with van der Waals surface area (Å²) in [7, 11) is 1.34. The van der Waals surface area contributed by atoms with Crippen LogP contribution >= 0.6 is 0 Å². The summed E-state index contributed by atoms with van der Waals surface area (Å²) in [5.74, 6) is -1.02. The van der Waals surface area contributed by atoms with E-state index in [2.05, 4.69) is 13.5 Å². The van der Waals surface area contributed by atoms with Crippen molar-refractivity contribution < 1.29 is 24.2 Å². The molecule has 0 aromatic heterocycles. The molecule has 0 bridgehead atoms. The number of esters is 2. The molecular formula is C21H30O5. The van der Waals surface area contributed by atoms with Gasteiger partial charge in [-0.05, 0) is 57.4 Å². The zero-order chi connectivity index (χ0) is 19.7. The van der Waals surface area contributed by atoms with Crippen molar-refractivity contribution in [1.29, 1.82) is 0 Å².